The second kappa shape index (κ2) is 7.98. The van der Waals surface area contributed by atoms with Gasteiger partial charge in [-0.05, 0) is 47.5 Å². The van der Waals surface area contributed by atoms with Crippen molar-refractivity contribution < 1.29 is 26.3 Å². The zero-order valence-corrected chi connectivity index (χ0v) is 17.9. The Bertz CT molecular complexity index is 1330. The number of aryl methyl sites for hydroxylation is 2. The molecule has 4 rings (SSSR count). The standard InChI is InChI=1S/C24H19F3O3S/c1-14-4-8-18-16(12-14)6-10-20(30-24(25,26)27)22(18)23-19-9-5-15(2)13-17(19)7-11-21(23)31(28)29-3/h4-13H,1-3H3. The number of ether oxygens (including phenoxy) is 1. The fourth-order valence-electron chi connectivity index (χ4n) is 3.81. The topological polar surface area (TPSA) is 35.5 Å². The van der Waals surface area contributed by atoms with E-state index in [1.54, 1.807) is 24.3 Å². The molecule has 0 aliphatic carbocycles. The van der Waals surface area contributed by atoms with Crippen molar-refractivity contribution in [3.05, 3.63) is 71.8 Å². The fourth-order valence-corrected chi connectivity index (χ4v) is 4.55. The lowest BCUT2D eigenvalue weighted by molar-refractivity contribution is -0.274. The maximum Gasteiger partial charge on any atom is 0.573 e. The zero-order valence-electron chi connectivity index (χ0n) is 17.0. The van der Waals surface area contributed by atoms with Gasteiger partial charge in [0.05, 0.1) is 12.0 Å². The largest absolute Gasteiger partial charge is 0.573 e. The Kier molecular flexibility index (Phi) is 5.49. The predicted octanol–water partition coefficient (Wildman–Crippen LogP) is 6.84. The monoisotopic (exact) mass is 444 g/mol. The summed E-state index contributed by atoms with van der Waals surface area (Å²) < 4.78 is 62.1. The highest BCUT2D eigenvalue weighted by Gasteiger charge is 2.33. The Hall–Kier alpha value is -2.90. The van der Waals surface area contributed by atoms with Crippen molar-refractivity contribution in [2.24, 2.45) is 0 Å². The quantitative estimate of drug-likeness (QED) is 0.346. The van der Waals surface area contributed by atoms with Crippen LogP contribution >= 0.6 is 0 Å². The van der Waals surface area contributed by atoms with E-state index in [2.05, 4.69) is 4.74 Å². The van der Waals surface area contributed by atoms with Crippen LogP contribution in [-0.4, -0.2) is 17.7 Å². The molecule has 0 saturated heterocycles. The summed E-state index contributed by atoms with van der Waals surface area (Å²) in [5, 5.41) is 2.79. The van der Waals surface area contributed by atoms with Crippen molar-refractivity contribution in [2.75, 3.05) is 7.11 Å². The van der Waals surface area contributed by atoms with Crippen LogP contribution in [0, 0.1) is 13.8 Å². The number of alkyl halides is 3. The summed E-state index contributed by atoms with van der Waals surface area (Å²) in [6, 6.07) is 17.4. The molecule has 0 bridgehead atoms. The van der Waals surface area contributed by atoms with Gasteiger partial charge in [0.1, 0.15) is 5.75 Å². The van der Waals surface area contributed by atoms with Crippen LogP contribution in [0.25, 0.3) is 32.7 Å². The molecule has 0 heterocycles. The lowest BCUT2D eigenvalue weighted by Gasteiger charge is -2.19. The van der Waals surface area contributed by atoms with Crippen LogP contribution in [0.1, 0.15) is 11.1 Å². The Morgan fingerprint density at radius 1 is 0.774 bits per heavy atom. The first-order valence-electron chi connectivity index (χ1n) is 9.47. The van der Waals surface area contributed by atoms with Crippen LogP contribution in [0.4, 0.5) is 13.2 Å². The Morgan fingerprint density at radius 2 is 1.32 bits per heavy atom. The average Bonchev–Trinajstić information content (AvgIpc) is 2.71. The number of halogens is 3. The predicted molar refractivity (Wildman–Crippen MR) is 116 cm³/mol. The first-order chi connectivity index (χ1) is 14.7. The number of hydrogen-bond acceptors (Lipinski definition) is 3. The van der Waals surface area contributed by atoms with E-state index in [4.69, 9.17) is 4.18 Å². The maximum absolute atomic E-state index is 13.3. The average molecular weight is 444 g/mol. The van der Waals surface area contributed by atoms with Crippen LogP contribution in [0.2, 0.25) is 0 Å². The molecule has 0 aliphatic rings. The van der Waals surface area contributed by atoms with E-state index in [0.29, 0.717) is 16.3 Å². The van der Waals surface area contributed by atoms with Crippen molar-refractivity contribution in [1.29, 1.82) is 0 Å². The molecule has 0 fully saturated rings. The number of hydrogen-bond donors (Lipinski definition) is 0. The second-order valence-electron chi connectivity index (χ2n) is 7.28. The minimum absolute atomic E-state index is 0.227. The highest BCUT2D eigenvalue weighted by Crippen LogP contribution is 2.45. The molecular weight excluding hydrogens is 425 g/mol. The number of benzene rings is 4. The Labute approximate surface area is 180 Å². The van der Waals surface area contributed by atoms with Crippen LogP contribution in [-0.2, 0) is 15.3 Å². The number of rotatable bonds is 4. The molecule has 0 radical (unpaired) electrons. The van der Waals surface area contributed by atoms with Crippen molar-refractivity contribution in [2.45, 2.75) is 25.1 Å². The molecule has 31 heavy (non-hydrogen) atoms. The molecule has 0 saturated carbocycles. The third-order valence-corrected chi connectivity index (χ3v) is 6.08. The summed E-state index contributed by atoms with van der Waals surface area (Å²) in [6.45, 7) is 3.84. The minimum Gasteiger partial charge on any atom is -0.405 e. The Morgan fingerprint density at radius 3 is 1.87 bits per heavy atom. The summed E-state index contributed by atoms with van der Waals surface area (Å²) in [7, 11) is 1.29. The third-order valence-electron chi connectivity index (χ3n) is 5.08. The maximum atomic E-state index is 13.3. The van der Waals surface area contributed by atoms with Crippen molar-refractivity contribution in [1.82, 2.24) is 0 Å². The molecule has 4 aromatic rings. The van der Waals surface area contributed by atoms with Gasteiger partial charge in [-0.1, -0.05) is 59.7 Å². The highest BCUT2D eigenvalue weighted by atomic mass is 32.2. The summed E-state index contributed by atoms with van der Waals surface area (Å²) in [5.74, 6) is -0.355. The van der Waals surface area contributed by atoms with Crippen molar-refractivity contribution in [3.63, 3.8) is 0 Å². The van der Waals surface area contributed by atoms with Gasteiger partial charge < -0.3 is 4.74 Å². The molecule has 0 aliphatic heterocycles. The number of fused-ring (bicyclic) bond motifs is 2. The van der Waals surface area contributed by atoms with Crippen LogP contribution in [0.15, 0.2) is 65.6 Å². The second-order valence-corrected chi connectivity index (χ2v) is 8.52. The van der Waals surface area contributed by atoms with E-state index >= 15 is 0 Å². The lowest BCUT2D eigenvalue weighted by Crippen LogP contribution is -2.18. The van der Waals surface area contributed by atoms with Gasteiger partial charge in [0.25, 0.3) is 0 Å². The molecule has 3 nitrogen and oxygen atoms in total. The molecule has 4 aromatic carbocycles. The molecule has 1 unspecified atom stereocenters. The summed E-state index contributed by atoms with van der Waals surface area (Å²) in [4.78, 5) is 0.277. The molecule has 0 spiro atoms. The summed E-state index contributed by atoms with van der Waals surface area (Å²) in [5.41, 5.74) is 2.59. The van der Waals surface area contributed by atoms with E-state index in [1.165, 1.54) is 13.2 Å². The van der Waals surface area contributed by atoms with E-state index < -0.39 is 17.4 Å². The van der Waals surface area contributed by atoms with E-state index in [1.807, 2.05) is 44.2 Å². The van der Waals surface area contributed by atoms with Gasteiger partial charge in [-0.2, -0.15) is 0 Å². The van der Waals surface area contributed by atoms with Gasteiger partial charge in [-0.3, -0.25) is 4.18 Å². The molecule has 7 heteroatoms. The van der Waals surface area contributed by atoms with Gasteiger partial charge in [-0.15, -0.1) is 13.2 Å². The van der Waals surface area contributed by atoms with E-state index in [0.717, 1.165) is 21.9 Å². The summed E-state index contributed by atoms with van der Waals surface area (Å²) >= 11 is -1.88. The fraction of sp³-hybridized carbons (Fsp3) is 0.167. The molecular formula is C24H19F3O3S. The smallest absolute Gasteiger partial charge is 0.405 e. The minimum atomic E-state index is -4.88. The van der Waals surface area contributed by atoms with Gasteiger partial charge in [0.15, 0.2) is 11.1 Å². The third kappa shape index (κ3) is 4.16. The van der Waals surface area contributed by atoms with Gasteiger partial charge in [0, 0.05) is 11.1 Å². The molecule has 1 atom stereocenters. The first-order valence-corrected chi connectivity index (χ1v) is 10.5. The SMILES string of the molecule is COS(=O)c1ccc2cc(C)ccc2c1-c1c(OC(F)(F)F)ccc2cc(C)ccc12. The normalized spacial score (nSPS) is 13.0. The Balaban J connectivity index is 2.19. The van der Waals surface area contributed by atoms with Crippen LogP contribution in [0.5, 0.6) is 5.75 Å². The van der Waals surface area contributed by atoms with E-state index in [9.17, 15) is 17.4 Å². The van der Waals surface area contributed by atoms with Crippen LogP contribution < -0.4 is 4.74 Å². The van der Waals surface area contributed by atoms with Crippen LogP contribution in [0.3, 0.4) is 0 Å². The first kappa shape index (κ1) is 21.3. The molecule has 160 valence electrons. The zero-order chi connectivity index (χ0) is 22.3. The van der Waals surface area contributed by atoms with Gasteiger partial charge in [-0.25, -0.2) is 4.21 Å². The molecule has 0 aromatic heterocycles. The van der Waals surface area contributed by atoms with E-state index in [-0.39, 0.29) is 16.2 Å². The van der Waals surface area contributed by atoms with Gasteiger partial charge >= 0.3 is 6.36 Å². The highest BCUT2D eigenvalue weighted by molar-refractivity contribution is 7.80. The van der Waals surface area contributed by atoms with Crippen molar-refractivity contribution >= 4 is 32.6 Å². The molecule has 0 amide bonds. The van der Waals surface area contributed by atoms with Gasteiger partial charge in [0.2, 0.25) is 0 Å². The summed E-state index contributed by atoms with van der Waals surface area (Å²) in [6.07, 6.45) is -4.88. The van der Waals surface area contributed by atoms with Crippen molar-refractivity contribution in [3.8, 4) is 16.9 Å². The lowest BCUT2D eigenvalue weighted by atomic mass is 9.92. The molecule has 0 N–H and O–H groups in total.